The molecule has 216 valence electrons. The second-order valence-electron chi connectivity index (χ2n) is 9.10. The zero-order valence-corrected chi connectivity index (χ0v) is 24.3. The molecule has 1 unspecified atom stereocenters. The zero-order chi connectivity index (χ0) is 29.1. The van der Waals surface area contributed by atoms with Gasteiger partial charge in [0, 0.05) is 13.1 Å². The molecule has 0 radical (unpaired) electrons. The summed E-state index contributed by atoms with van der Waals surface area (Å²) in [4.78, 5) is 24.8. The van der Waals surface area contributed by atoms with Gasteiger partial charge in [0.1, 0.15) is 17.1 Å². The van der Waals surface area contributed by atoms with Crippen molar-refractivity contribution >= 4 is 29.4 Å². The van der Waals surface area contributed by atoms with E-state index in [1.54, 1.807) is 46.8 Å². The van der Waals surface area contributed by atoms with Gasteiger partial charge in [-0.1, -0.05) is 18.2 Å². The summed E-state index contributed by atoms with van der Waals surface area (Å²) in [5, 5.41) is 4.90. The van der Waals surface area contributed by atoms with Crippen molar-refractivity contribution < 1.29 is 41.1 Å². The molecular weight excluding hydrogens is 549 g/mol. The number of rotatable bonds is 14. The molecule has 39 heavy (non-hydrogen) atoms. The Labute approximate surface area is 229 Å². The first kappa shape index (κ1) is 32.3. The lowest BCUT2D eigenvalue weighted by molar-refractivity contribution is 0.0505. The Balaban J connectivity index is 2.10. The molecule has 0 bridgehead atoms. The number of amides is 2. The molecule has 0 fully saturated rings. The van der Waals surface area contributed by atoms with Crippen LogP contribution in [0.25, 0.3) is 0 Å². The number of sulfonamides is 1. The summed E-state index contributed by atoms with van der Waals surface area (Å²) in [6.45, 7) is 7.43. The maximum atomic E-state index is 12.9. The Kier molecular flexibility index (Phi) is 11.9. The summed E-state index contributed by atoms with van der Waals surface area (Å²) < 4.78 is 61.9. The average molecular weight is 586 g/mol. The Bertz CT molecular complexity index is 1220. The van der Waals surface area contributed by atoms with Gasteiger partial charge in [-0.3, -0.25) is 4.79 Å². The highest BCUT2D eigenvalue weighted by atomic mass is 32.2. The Morgan fingerprint density at radius 2 is 1.46 bits per heavy atom. The summed E-state index contributed by atoms with van der Waals surface area (Å²) >= 11 is 0. The van der Waals surface area contributed by atoms with E-state index in [4.69, 9.17) is 18.5 Å². The van der Waals surface area contributed by atoms with Crippen LogP contribution >= 0.6 is 7.60 Å². The van der Waals surface area contributed by atoms with Gasteiger partial charge in [0.25, 0.3) is 0 Å². The van der Waals surface area contributed by atoms with Gasteiger partial charge in [0.15, 0.2) is 0 Å². The minimum atomic E-state index is -4.11. The molecule has 0 heterocycles. The van der Waals surface area contributed by atoms with Crippen LogP contribution < -0.4 is 20.1 Å². The Morgan fingerprint density at radius 3 is 2.00 bits per heavy atom. The molecule has 0 saturated heterocycles. The van der Waals surface area contributed by atoms with Crippen molar-refractivity contribution in [1.82, 2.24) is 15.4 Å². The number of para-hydroxylation sites is 1. The van der Waals surface area contributed by atoms with Gasteiger partial charge in [0.2, 0.25) is 10.0 Å². The predicted molar refractivity (Wildman–Crippen MR) is 146 cm³/mol. The number of ether oxygens (including phenoxy) is 2. The number of nitrogens with one attached hydrogen (secondary N) is 3. The van der Waals surface area contributed by atoms with Crippen LogP contribution in [0.2, 0.25) is 0 Å². The van der Waals surface area contributed by atoms with E-state index in [2.05, 4.69) is 15.4 Å². The van der Waals surface area contributed by atoms with Gasteiger partial charge in [-0.2, -0.15) is 0 Å². The van der Waals surface area contributed by atoms with Gasteiger partial charge in [0.05, 0.1) is 24.2 Å². The molecule has 0 aliphatic heterocycles. The fraction of sp³-hybridized carbons (Fsp3) is 0.440. The quantitative estimate of drug-likeness (QED) is 0.269. The zero-order valence-electron chi connectivity index (χ0n) is 22.6. The molecule has 0 saturated carbocycles. The van der Waals surface area contributed by atoms with Crippen molar-refractivity contribution in [3.05, 3.63) is 54.6 Å². The van der Waals surface area contributed by atoms with Crippen molar-refractivity contribution in [3.8, 4) is 11.5 Å². The summed E-state index contributed by atoms with van der Waals surface area (Å²) in [6.07, 6.45) is -0.832. The standard InChI is InChI=1S/C25H36N3O9PS/c1-6-34-38(31,35-7-2)24(30)26-17-19(28-23(29)37-25(3,4)5)18-27-39(32,33)22-15-13-21(14-16-22)36-20-11-9-8-10-12-20/h8-16,19,27H,6-7,17-18H2,1-5H3,(H,26,30)(H,28,29). The number of hydrogen-bond donors (Lipinski definition) is 3. The number of benzene rings is 2. The molecule has 12 nitrogen and oxygen atoms in total. The monoisotopic (exact) mass is 585 g/mol. The summed E-state index contributed by atoms with van der Waals surface area (Å²) in [5.74, 6) is 1.04. The molecule has 0 aliphatic rings. The van der Waals surface area contributed by atoms with Gasteiger partial charge in [-0.15, -0.1) is 0 Å². The van der Waals surface area contributed by atoms with Gasteiger partial charge in [-0.05, 0) is 71.0 Å². The highest BCUT2D eigenvalue weighted by molar-refractivity contribution is 7.89. The van der Waals surface area contributed by atoms with E-state index in [1.807, 2.05) is 18.2 Å². The van der Waals surface area contributed by atoms with Crippen LogP contribution in [0, 0.1) is 0 Å². The molecule has 0 aliphatic carbocycles. The SMILES string of the molecule is CCOP(=O)(OCC)C(=O)NCC(CNS(=O)(=O)c1ccc(Oc2ccccc2)cc1)NC(=O)OC(C)(C)C. The van der Waals surface area contributed by atoms with E-state index < -0.39 is 41.0 Å². The second-order valence-corrected chi connectivity index (χ2v) is 12.8. The molecule has 1 atom stereocenters. The first-order valence-electron chi connectivity index (χ1n) is 12.3. The van der Waals surface area contributed by atoms with Crippen molar-refractivity contribution in [3.63, 3.8) is 0 Å². The van der Waals surface area contributed by atoms with Crippen molar-refractivity contribution in [2.24, 2.45) is 0 Å². The number of carbonyl (C=O) groups is 2. The van der Waals surface area contributed by atoms with Crippen LogP contribution in [0.3, 0.4) is 0 Å². The van der Waals surface area contributed by atoms with E-state index in [9.17, 15) is 22.6 Å². The lowest BCUT2D eigenvalue weighted by Gasteiger charge is -2.24. The largest absolute Gasteiger partial charge is 0.457 e. The van der Waals surface area contributed by atoms with Crippen molar-refractivity contribution in [1.29, 1.82) is 0 Å². The lowest BCUT2D eigenvalue weighted by Crippen LogP contribution is -2.50. The van der Waals surface area contributed by atoms with Gasteiger partial charge >= 0.3 is 19.3 Å². The Morgan fingerprint density at radius 1 is 0.897 bits per heavy atom. The van der Waals surface area contributed by atoms with Gasteiger partial charge in [-0.25, -0.2) is 22.5 Å². The second kappa shape index (κ2) is 14.4. The summed E-state index contributed by atoms with van der Waals surface area (Å²) in [6, 6.07) is 13.8. The molecular formula is C25H36N3O9PS. The molecule has 2 rings (SSSR count). The topological polar surface area (TPSA) is 158 Å². The lowest BCUT2D eigenvalue weighted by atomic mass is 10.2. The maximum absolute atomic E-state index is 12.9. The first-order chi connectivity index (χ1) is 18.3. The highest BCUT2D eigenvalue weighted by Crippen LogP contribution is 2.48. The molecule has 0 spiro atoms. The molecule has 2 aromatic rings. The predicted octanol–water partition coefficient (Wildman–Crippen LogP) is 4.63. The molecule has 2 aromatic carbocycles. The van der Waals surface area contributed by atoms with Crippen molar-refractivity contribution in [2.45, 2.75) is 51.2 Å². The third-order valence-electron chi connectivity index (χ3n) is 4.70. The van der Waals surface area contributed by atoms with Crippen LogP contribution in [0.4, 0.5) is 9.59 Å². The van der Waals surface area contributed by atoms with E-state index in [0.717, 1.165) is 0 Å². The summed E-state index contributed by atoms with van der Waals surface area (Å²) in [7, 11) is -8.12. The minimum absolute atomic E-state index is 0.0285. The van der Waals surface area contributed by atoms with E-state index in [-0.39, 0.29) is 31.2 Å². The smallest absolute Gasteiger partial charge is 0.418 e. The fourth-order valence-corrected chi connectivity index (χ4v) is 5.41. The molecule has 0 aromatic heterocycles. The van der Waals surface area contributed by atoms with E-state index >= 15 is 0 Å². The minimum Gasteiger partial charge on any atom is -0.457 e. The van der Waals surface area contributed by atoms with Crippen LogP contribution in [0.1, 0.15) is 34.6 Å². The normalized spacial score (nSPS) is 12.8. The van der Waals surface area contributed by atoms with E-state index in [1.165, 1.54) is 24.3 Å². The first-order valence-corrected chi connectivity index (χ1v) is 15.3. The van der Waals surface area contributed by atoms with Gasteiger partial charge < -0.3 is 29.2 Å². The van der Waals surface area contributed by atoms with Crippen LogP contribution in [0.15, 0.2) is 59.5 Å². The Hall–Kier alpha value is -2.96. The fourth-order valence-electron chi connectivity index (χ4n) is 3.06. The number of carbonyl (C=O) groups excluding carboxylic acids is 2. The number of hydrogen-bond acceptors (Lipinski definition) is 9. The van der Waals surface area contributed by atoms with E-state index in [0.29, 0.717) is 11.5 Å². The third-order valence-corrected chi connectivity index (χ3v) is 7.99. The average Bonchev–Trinajstić information content (AvgIpc) is 2.85. The van der Waals surface area contributed by atoms with Crippen LogP contribution in [0.5, 0.6) is 11.5 Å². The van der Waals surface area contributed by atoms with Crippen LogP contribution in [-0.2, 0) is 28.4 Å². The number of alkyl carbamates (subject to hydrolysis) is 1. The molecule has 2 amide bonds. The van der Waals surface area contributed by atoms with Crippen molar-refractivity contribution in [2.75, 3.05) is 26.3 Å². The third kappa shape index (κ3) is 11.0. The molecule has 3 N–H and O–H groups in total. The maximum Gasteiger partial charge on any atom is 0.418 e. The highest BCUT2D eigenvalue weighted by Gasteiger charge is 2.35. The van der Waals surface area contributed by atoms with Crippen LogP contribution in [-0.4, -0.2) is 58.1 Å². The molecule has 14 heteroatoms. The summed E-state index contributed by atoms with van der Waals surface area (Å²) in [5.41, 5.74) is -1.83.